The van der Waals surface area contributed by atoms with Gasteiger partial charge < -0.3 is 24.3 Å². The zero-order valence-electron chi connectivity index (χ0n) is 15.6. The molecule has 0 aromatic heterocycles. The summed E-state index contributed by atoms with van der Waals surface area (Å²) in [6, 6.07) is 0. The van der Waals surface area contributed by atoms with Crippen LogP contribution in [0.4, 0.5) is 0 Å². The topological polar surface area (TPSA) is 69.3 Å². The highest BCUT2D eigenvalue weighted by molar-refractivity contribution is 5.75. The van der Waals surface area contributed by atoms with Crippen molar-refractivity contribution in [3.8, 4) is 0 Å². The highest BCUT2D eigenvalue weighted by Gasteiger charge is 2.64. The first-order valence-electron chi connectivity index (χ1n) is 9.62. The fourth-order valence-electron chi connectivity index (χ4n) is 5.81. The number of hydrogen-bond acceptors (Lipinski definition) is 6. The molecule has 25 heavy (non-hydrogen) atoms. The van der Waals surface area contributed by atoms with E-state index >= 15 is 0 Å². The van der Waals surface area contributed by atoms with Gasteiger partial charge in [0.25, 0.3) is 0 Å². The molecule has 0 radical (unpaired) electrons. The lowest BCUT2D eigenvalue weighted by Crippen LogP contribution is -2.51. The van der Waals surface area contributed by atoms with Crippen LogP contribution in [0.5, 0.6) is 0 Å². The molecule has 1 N–H and O–H groups in total. The summed E-state index contributed by atoms with van der Waals surface area (Å²) in [6.45, 7) is 4.49. The molecule has 6 nitrogen and oxygen atoms in total. The van der Waals surface area contributed by atoms with Crippen LogP contribution in [0.2, 0.25) is 0 Å². The van der Waals surface area contributed by atoms with Gasteiger partial charge in [-0.3, -0.25) is 4.79 Å². The third-order valence-electron chi connectivity index (χ3n) is 7.28. The summed E-state index contributed by atoms with van der Waals surface area (Å²) < 4.78 is 22.2. The average Bonchev–Trinajstić information content (AvgIpc) is 3.28. The summed E-state index contributed by atoms with van der Waals surface area (Å²) in [4.78, 5) is 12.5. The van der Waals surface area contributed by atoms with Crippen molar-refractivity contribution >= 4 is 5.97 Å². The van der Waals surface area contributed by atoms with Crippen molar-refractivity contribution in [1.29, 1.82) is 0 Å². The Morgan fingerprint density at radius 1 is 1.32 bits per heavy atom. The molecule has 0 amide bonds. The van der Waals surface area contributed by atoms with E-state index in [0.717, 1.165) is 19.4 Å². The van der Waals surface area contributed by atoms with Crippen LogP contribution in [0.25, 0.3) is 0 Å². The van der Waals surface area contributed by atoms with Gasteiger partial charge in [-0.05, 0) is 43.4 Å². The van der Waals surface area contributed by atoms with Gasteiger partial charge in [0.1, 0.15) is 6.10 Å². The lowest BCUT2D eigenvalue weighted by atomic mass is 9.53. The summed E-state index contributed by atoms with van der Waals surface area (Å²) in [5.41, 5.74) is 0.370. The van der Waals surface area contributed by atoms with Crippen LogP contribution in [-0.4, -0.2) is 57.9 Å². The Kier molecular flexibility index (Phi) is 4.59. The van der Waals surface area contributed by atoms with E-state index in [2.05, 4.69) is 12.2 Å². The lowest BCUT2D eigenvalue weighted by molar-refractivity contribution is -0.147. The molecule has 1 spiro atoms. The number of epoxide rings is 1. The maximum atomic E-state index is 12.5. The van der Waals surface area contributed by atoms with E-state index in [-0.39, 0.29) is 35.3 Å². The predicted octanol–water partition coefficient (Wildman–Crippen LogP) is 1.72. The van der Waals surface area contributed by atoms with Gasteiger partial charge >= 0.3 is 5.97 Å². The second-order valence-corrected chi connectivity index (χ2v) is 8.66. The Labute approximate surface area is 149 Å². The molecule has 2 aliphatic heterocycles. The molecular weight excluding hydrogens is 322 g/mol. The van der Waals surface area contributed by atoms with Gasteiger partial charge in [0, 0.05) is 33.2 Å². The molecule has 4 aliphatic rings. The summed E-state index contributed by atoms with van der Waals surface area (Å²) in [5, 5.41) is 3.33. The minimum atomic E-state index is -0.288. The van der Waals surface area contributed by atoms with E-state index in [1.54, 1.807) is 14.2 Å². The van der Waals surface area contributed by atoms with Gasteiger partial charge in [0.15, 0.2) is 6.29 Å². The smallest absolute Gasteiger partial charge is 0.310 e. The van der Waals surface area contributed by atoms with Crippen molar-refractivity contribution in [1.82, 2.24) is 5.32 Å². The molecule has 4 rings (SSSR count). The number of fused-ring (bicyclic) bond motifs is 3. The van der Waals surface area contributed by atoms with Crippen molar-refractivity contribution in [2.45, 2.75) is 57.0 Å². The Morgan fingerprint density at radius 2 is 2.08 bits per heavy atom. The monoisotopic (exact) mass is 353 g/mol. The molecule has 0 aromatic carbocycles. The molecule has 6 heteroatoms. The van der Waals surface area contributed by atoms with Crippen molar-refractivity contribution in [2.75, 3.05) is 33.9 Å². The average molecular weight is 353 g/mol. The Balaban J connectivity index is 1.43. The standard InChI is InChI=1S/C19H31NO5/c1-18-5-4-6-19(11-24-19)15(18)7-12-13(17(21)25-14(12)8-18)9-20-10-16(22-2)23-3/h12-16,20H,4-11H2,1-3H3/t12-,13-,14-,15-,18-,19+/m1/s1. The van der Waals surface area contributed by atoms with Crippen molar-refractivity contribution < 1.29 is 23.7 Å². The Hall–Kier alpha value is -0.690. The Bertz CT molecular complexity index is 518. The van der Waals surface area contributed by atoms with E-state index < -0.39 is 0 Å². The molecule has 142 valence electrons. The van der Waals surface area contributed by atoms with Gasteiger partial charge in [-0.1, -0.05) is 6.92 Å². The SMILES string of the molecule is COC(CNC[C@H]1C(=O)O[C@@H]2C[C@@]3(C)CCC[C@]4(CO4)[C@@H]3C[C@@H]21)OC. The zero-order valence-corrected chi connectivity index (χ0v) is 15.6. The van der Waals surface area contributed by atoms with E-state index in [0.29, 0.717) is 24.9 Å². The maximum Gasteiger partial charge on any atom is 0.310 e. The van der Waals surface area contributed by atoms with Crippen LogP contribution >= 0.6 is 0 Å². The second-order valence-electron chi connectivity index (χ2n) is 8.66. The van der Waals surface area contributed by atoms with Crippen LogP contribution in [0, 0.1) is 23.2 Å². The number of carbonyl (C=O) groups is 1. The zero-order chi connectivity index (χ0) is 17.7. The largest absolute Gasteiger partial charge is 0.462 e. The number of ether oxygens (including phenoxy) is 4. The number of hydrogen-bond donors (Lipinski definition) is 1. The highest BCUT2D eigenvalue weighted by atomic mass is 16.7. The predicted molar refractivity (Wildman–Crippen MR) is 90.9 cm³/mol. The van der Waals surface area contributed by atoms with Gasteiger partial charge in [-0.15, -0.1) is 0 Å². The van der Waals surface area contributed by atoms with E-state index in [4.69, 9.17) is 18.9 Å². The van der Waals surface area contributed by atoms with Crippen molar-refractivity contribution in [2.24, 2.45) is 23.2 Å². The molecule has 0 bridgehead atoms. The molecule has 2 heterocycles. The number of rotatable bonds is 6. The first kappa shape index (κ1) is 17.7. The maximum absolute atomic E-state index is 12.5. The molecule has 4 fully saturated rings. The molecule has 0 aromatic rings. The third-order valence-corrected chi connectivity index (χ3v) is 7.28. The number of methoxy groups -OCH3 is 2. The van der Waals surface area contributed by atoms with Crippen LogP contribution in [0.3, 0.4) is 0 Å². The quantitative estimate of drug-likeness (QED) is 0.445. The van der Waals surface area contributed by atoms with Crippen LogP contribution in [0.15, 0.2) is 0 Å². The Morgan fingerprint density at radius 3 is 2.76 bits per heavy atom. The van der Waals surface area contributed by atoms with E-state index in [1.807, 2.05) is 0 Å². The first-order valence-corrected chi connectivity index (χ1v) is 9.62. The lowest BCUT2D eigenvalue weighted by Gasteiger charge is -2.51. The first-order chi connectivity index (χ1) is 12.0. The minimum absolute atomic E-state index is 0.0399. The summed E-state index contributed by atoms with van der Waals surface area (Å²) in [7, 11) is 3.24. The van der Waals surface area contributed by atoms with Crippen molar-refractivity contribution in [3.05, 3.63) is 0 Å². The normalized spacial score (nSPS) is 45.4. The molecule has 2 saturated carbocycles. The number of carbonyl (C=O) groups excluding carboxylic acids is 1. The highest BCUT2D eigenvalue weighted by Crippen LogP contribution is 2.62. The summed E-state index contributed by atoms with van der Waals surface area (Å²) in [6.07, 6.45) is 5.49. The molecular formula is C19H31NO5. The van der Waals surface area contributed by atoms with Gasteiger partial charge in [-0.25, -0.2) is 0 Å². The fourth-order valence-corrected chi connectivity index (χ4v) is 5.81. The molecule has 6 atom stereocenters. The van der Waals surface area contributed by atoms with Crippen LogP contribution in [-0.2, 0) is 23.7 Å². The molecule has 0 unspecified atom stereocenters. The summed E-state index contributed by atoms with van der Waals surface area (Å²) >= 11 is 0. The van der Waals surface area contributed by atoms with Crippen LogP contribution < -0.4 is 5.32 Å². The van der Waals surface area contributed by atoms with Gasteiger partial charge in [0.05, 0.1) is 18.1 Å². The minimum Gasteiger partial charge on any atom is -0.462 e. The van der Waals surface area contributed by atoms with Gasteiger partial charge in [0.2, 0.25) is 0 Å². The third kappa shape index (κ3) is 3.01. The van der Waals surface area contributed by atoms with Gasteiger partial charge in [-0.2, -0.15) is 0 Å². The summed E-state index contributed by atoms with van der Waals surface area (Å²) in [5.74, 6) is 0.766. The van der Waals surface area contributed by atoms with E-state index in [1.165, 1.54) is 19.3 Å². The number of esters is 1. The molecule has 2 aliphatic carbocycles. The second kappa shape index (κ2) is 6.48. The number of nitrogens with one attached hydrogen (secondary N) is 1. The molecule has 2 saturated heterocycles. The van der Waals surface area contributed by atoms with Crippen LogP contribution in [0.1, 0.15) is 39.0 Å². The fraction of sp³-hybridized carbons (Fsp3) is 0.947. The van der Waals surface area contributed by atoms with Crippen molar-refractivity contribution in [3.63, 3.8) is 0 Å². The van der Waals surface area contributed by atoms with E-state index in [9.17, 15) is 4.79 Å².